The smallest absolute Gasteiger partial charge is 0.191 e. The first-order chi connectivity index (χ1) is 12.2. The maximum absolute atomic E-state index is 5.55. The van der Waals surface area contributed by atoms with Crippen molar-refractivity contribution in [3.63, 3.8) is 0 Å². The molecule has 2 N–H and O–H groups in total. The standard InChI is InChI=1S/C19H27N3O2S/c1-5-20-19(22-13-16-9-7-14(3)25-16)21-12-15-8-10-17(24-6-2)18(11-15)23-4/h7-11H,5-6,12-13H2,1-4H3,(H2,20,21,22). The molecule has 1 heterocycles. The van der Waals surface area contributed by atoms with Crippen LogP contribution in [0.15, 0.2) is 35.3 Å². The van der Waals surface area contributed by atoms with Crippen LogP contribution in [0.3, 0.4) is 0 Å². The fraction of sp³-hybridized carbons (Fsp3) is 0.421. The van der Waals surface area contributed by atoms with Crippen LogP contribution in [-0.2, 0) is 13.1 Å². The minimum Gasteiger partial charge on any atom is -0.493 e. The Labute approximate surface area is 154 Å². The monoisotopic (exact) mass is 361 g/mol. The molecular formula is C19H27N3O2S. The molecule has 2 aromatic rings. The van der Waals surface area contributed by atoms with Crippen LogP contribution in [-0.4, -0.2) is 26.2 Å². The van der Waals surface area contributed by atoms with Gasteiger partial charge in [0.2, 0.25) is 0 Å². The van der Waals surface area contributed by atoms with E-state index in [2.05, 4.69) is 41.6 Å². The van der Waals surface area contributed by atoms with E-state index in [0.29, 0.717) is 13.2 Å². The highest BCUT2D eigenvalue weighted by Crippen LogP contribution is 2.28. The molecule has 0 aliphatic carbocycles. The van der Waals surface area contributed by atoms with Crippen molar-refractivity contribution in [1.29, 1.82) is 0 Å². The van der Waals surface area contributed by atoms with Crippen LogP contribution in [0.25, 0.3) is 0 Å². The maximum Gasteiger partial charge on any atom is 0.191 e. The molecule has 1 aromatic heterocycles. The summed E-state index contributed by atoms with van der Waals surface area (Å²) in [5, 5.41) is 6.65. The SMILES string of the molecule is CCNC(=NCc1ccc(OCC)c(OC)c1)NCc1ccc(C)s1. The van der Waals surface area contributed by atoms with E-state index < -0.39 is 0 Å². The van der Waals surface area contributed by atoms with Gasteiger partial charge < -0.3 is 20.1 Å². The third kappa shape index (κ3) is 5.98. The Morgan fingerprint density at radius 3 is 2.60 bits per heavy atom. The molecule has 0 saturated heterocycles. The number of hydrogen-bond acceptors (Lipinski definition) is 4. The first kappa shape index (κ1) is 19.1. The number of benzene rings is 1. The molecule has 0 bridgehead atoms. The van der Waals surface area contributed by atoms with Crippen LogP contribution < -0.4 is 20.1 Å². The van der Waals surface area contributed by atoms with E-state index in [-0.39, 0.29) is 0 Å². The van der Waals surface area contributed by atoms with E-state index in [4.69, 9.17) is 9.47 Å². The quantitative estimate of drug-likeness (QED) is 0.556. The highest BCUT2D eigenvalue weighted by molar-refractivity contribution is 7.11. The number of thiophene rings is 1. The average Bonchev–Trinajstić information content (AvgIpc) is 3.04. The summed E-state index contributed by atoms with van der Waals surface area (Å²) in [7, 11) is 1.65. The number of guanidine groups is 1. The second-order valence-corrected chi connectivity index (χ2v) is 6.85. The minimum atomic E-state index is 0.571. The van der Waals surface area contributed by atoms with E-state index >= 15 is 0 Å². The predicted octanol–water partition coefficient (Wildman–Crippen LogP) is 3.72. The van der Waals surface area contributed by atoms with Gasteiger partial charge in [0.15, 0.2) is 17.5 Å². The van der Waals surface area contributed by atoms with Gasteiger partial charge in [0.05, 0.1) is 26.8 Å². The van der Waals surface area contributed by atoms with Crippen molar-refractivity contribution in [3.8, 4) is 11.5 Å². The fourth-order valence-corrected chi connectivity index (χ4v) is 3.18. The zero-order valence-electron chi connectivity index (χ0n) is 15.4. The number of rotatable bonds is 8. The summed E-state index contributed by atoms with van der Waals surface area (Å²) in [4.78, 5) is 7.28. The number of hydrogen-bond donors (Lipinski definition) is 2. The number of nitrogens with one attached hydrogen (secondary N) is 2. The summed E-state index contributed by atoms with van der Waals surface area (Å²) in [6, 6.07) is 10.2. The summed E-state index contributed by atoms with van der Waals surface area (Å²) in [6.45, 7) is 8.92. The zero-order valence-corrected chi connectivity index (χ0v) is 16.2. The lowest BCUT2D eigenvalue weighted by atomic mass is 10.2. The fourth-order valence-electron chi connectivity index (χ4n) is 2.35. The second kappa shape index (κ2) is 9.93. The summed E-state index contributed by atoms with van der Waals surface area (Å²) in [5.74, 6) is 2.30. The van der Waals surface area contributed by atoms with Crippen molar-refractivity contribution < 1.29 is 9.47 Å². The topological polar surface area (TPSA) is 54.9 Å². The van der Waals surface area contributed by atoms with Gasteiger partial charge in [-0.2, -0.15) is 0 Å². The van der Waals surface area contributed by atoms with Gasteiger partial charge in [0.1, 0.15) is 0 Å². The Balaban J connectivity index is 2.02. The van der Waals surface area contributed by atoms with Crippen LogP contribution in [0.5, 0.6) is 11.5 Å². The third-order valence-electron chi connectivity index (χ3n) is 3.52. The van der Waals surface area contributed by atoms with Gasteiger partial charge in [-0.25, -0.2) is 4.99 Å². The first-order valence-electron chi connectivity index (χ1n) is 8.53. The van der Waals surface area contributed by atoms with Gasteiger partial charge in [-0.1, -0.05) is 6.07 Å². The van der Waals surface area contributed by atoms with Gasteiger partial charge in [-0.15, -0.1) is 11.3 Å². The largest absolute Gasteiger partial charge is 0.493 e. The highest BCUT2D eigenvalue weighted by atomic mass is 32.1. The molecular weight excluding hydrogens is 334 g/mol. The summed E-state index contributed by atoms with van der Waals surface area (Å²) in [5.41, 5.74) is 1.07. The van der Waals surface area contributed by atoms with Crippen LogP contribution in [0.4, 0.5) is 0 Å². The molecule has 0 saturated carbocycles. The van der Waals surface area contributed by atoms with E-state index in [1.165, 1.54) is 9.75 Å². The van der Waals surface area contributed by atoms with Crippen molar-refractivity contribution in [3.05, 3.63) is 45.6 Å². The lowest BCUT2D eigenvalue weighted by molar-refractivity contribution is 0.310. The molecule has 1 aromatic carbocycles. The first-order valence-corrected chi connectivity index (χ1v) is 9.35. The Kier molecular flexibility index (Phi) is 7.60. The lowest BCUT2D eigenvalue weighted by Crippen LogP contribution is -2.36. The second-order valence-electron chi connectivity index (χ2n) is 5.48. The van der Waals surface area contributed by atoms with Gasteiger partial charge in [0.25, 0.3) is 0 Å². The molecule has 0 unspecified atom stereocenters. The highest BCUT2D eigenvalue weighted by Gasteiger charge is 2.06. The third-order valence-corrected chi connectivity index (χ3v) is 4.52. The molecule has 5 nitrogen and oxygen atoms in total. The Bertz CT molecular complexity index is 698. The van der Waals surface area contributed by atoms with Gasteiger partial charge >= 0.3 is 0 Å². The predicted molar refractivity (Wildman–Crippen MR) is 105 cm³/mol. The van der Waals surface area contributed by atoms with Crippen molar-refractivity contribution in [1.82, 2.24) is 10.6 Å². The number of ether oxygens (including phenoxy) is 2. The lowest BCUT2D eigenvalue weighted by Gasteiger charge is -2.12. The maximum atomic E-state index is 5.55. The molecule has 0 amide bonds. The van der Waals surface area contributed by atoms with E-state index in [1.54, 1.807) is 18.4 Å². The molecule has 0 aliphatic rings. The average molecular weight is 362 g/mol. The molecule has 0 spiro atoms. The number of nitrogens with zero attached hydrogens (tertiary/aromatic N) is 1. The molecule has 0 radical (unpaired) electrons. The van der Waals surface area contributed by atoms with Crippen molar-refractivity contribution >= 4 is 17.3 Å². The number of methoxy groups -OCH3 is 1. The van der Waals surface area contributed by atoms with E-state index in [1.807, 2.05) is 25.1 Å². The van der Waals surface area contributed by atoms with Gasteiger partial charge in [0, 0.05) is 16.3 Å². The molecule has 2 rings (SSSR count). The van der Waals surface area contributed by atoms with Gasteiger partial charge in [-0.05, 0) is 50.6 Å². The number of aliphatic imine (C=N–C) groups is 1. The van der Waals surface area contributed by atoms with Crippen LogP contribution in [0, 0.1) is 6.92 Å². The van der Waals surface area contributed by atoms with Crippen molar-refractivity contribution in [2.45, 2.75) is 33.9 Å². The molecule has 0 fully saturated rings. The van der Waals surface area contributed by atoms with Crippen LogP contribution >= 0.6 is 11.3 Å². The Hall–Kier alpha value is -2.21. The van der Waals surface area contributed by atoms with Crippen molar-refractivity contribution in [2.24, 2.45) is 4.99 Å². The summed E-state index contributed by atoms with van der Waals surface area (Å²) in [6.07, 6.45) is 0. The Morgan fingerprint density at radius 1 is 1.12 bits per heavy atom. The van der Waals surface area contributed by atoms with Crippen LogP contribution in [0.2, 0.25) is 0 Å². The summed E-state index contributed by atoms with van der Waals surface area (Å²) < 4.78 is 10.9. The number of aryl methyl sites for hydroxylation is 1. The summed E-state index contributed by atoms with van der Waals surface area (Å²) >= 11 is 1.80. The molecule has 0 atom stereocenters. The molecule has 25 heavy (non-hydrogen) atoms. The zero-order chi connectivity index (χ0) is 18.1. The Morgan fingerprint density at radius 2 is 1.96 bits per heavy atom. The van der Waals surface area contributed by atoms with Crippen molar-refractivity contribution in [2.75, 3.05) is 20.3 Å². The molecule has 0 aliphatic heterocycles. The van der Waals surface area contributed by atoms with E-state index in [9.17, 15) is 0 Å². The van der Waals surface area contributed by atoms with Gasteiger partial charge in [-0.3, -0.25) is 0 Å². The molecule has 136 valence electrons. The van der Waals surface area contributed by atoms with Crippen LogP contribution in [0.1, 0.15) is 29.2 Å². The molecule has 6 heteroatoms. The normalized spacial score (nSPS) is 11.3. The minimum absolute atomic E-state index is 0.571. The van der Waals surface area contributed by atoms with E-state index in [0.717, 1.165) is 36.1 Å².